The lowest BCUT2D eigenvalue weighted by atomic mass is 9.91. The van der Waals surface area contributed by atoms with E-state index in [0.717, 1.165) is 0 Å². The molecule has 3 rings (SSSR count). The van der Waals surface area contributed by atoms with Gasteiger partial charge in [0.15, 0.2) is 5.69 Å². The highest BCUT2D eigenvalue weighted by molar-refractivity contribution is 5.94. The van der Waals surface area contributed by atoms with E-state index in [1.165, 1.54) is 0 Å². The Kier molecular flexibility index (Phi) is 5.78. The van der Waals surface area contributed by atoms with Crippen LogP contribution >= 0.6 is 0 Å². The van der Waals surface area contributed by atoms with Gasteiger partial charge < -0.3 is 21.1 Å². The SMILES string of the molecule is O=C(Nc1ccccc1)N[C@H]1CC[C@@H](NC(=O)c2[nH]c(=O)[nH]c(=O)c2O)CC1. The Morgan fingerprint density at radius 1 is 0.929 bits per heavy atom. The van der Waals surface area contributed by atoms with Crippen molar-refractivity contribution in [3.8, 4) is 5.75 Å². The Balaban J connectivity index is 1.49. The highest BCUT2D eigenvalue weighted by Gasteiger charge is 2.25. The van der Waals surface area contributed by atoms with Gasteiger partial charge in [-0.3, -0.25) is 19.6 Å². The van der Waals surface area contributed by atoms with Gasteiger partial charge in [0.05, 0.1) is 0 Å². The third-order valence-corrected chi connectivity index (χ3v) is 4.57. The molecule has 1 saturated carbocycles. The van der Waals surface area contributed by atoms with Crippen LogP contribution in [0.1, 0.15) is 36.2 Å². The number of aromatic nitrogens is 2. The van der Waals surface area contributed by atoms with Crippen molar-refractivity contribution in [2.45, 2.75) is 37.8 Å². The molecule has 0 saturated heterocycles. The summed E-state index contributed by atoms with van der Waals surface area (Å²) in [5.41, 5.74) is -1.65. The average Bonchev–Trinajstić information content (AvgIpc) is 2.67. The fourth-order valence-electron chi connectivity index (χ4n) is 3.16. The van der Waals surface area contributed by atoms with Crippen LogP contribution in [0, 0.1) is 0 Å². The zero-order valence-corrected chi connectivity index (χ0v) is 15.0. The van der Waals surface area contributed by atoms with Crippen LogP contribution in [0.4, 0.5) is 10.5 Å². The molecular formula is C18H21N5O5. The van der Waals surface area contributed by atoms with Crippen molar-refractivity contribution in [2.24, 2.45) is 0 Å². The first-order chi connectivity index (χ1) is 13.4. The summed E-state index contributed by atoms with van der Waals surface area (Å²) in [6.07, 6.45) is 2.53. The van der Waals surface area contributed by atoms with Gasteiger partial charge in [-0.25, -0.2) is 9.59 Å². The molecule has 1 aromatic carbocycles. The Morgan fingerprint density at radius 3 is 2.18 bits per heavy atom. The summed E-state index contributed by atoms with van der Waals surface area (Å²) in [5.74, 6) is -1.55. The van der Waals surface area contributed by atoms with Crippen LogP contribution in [0.15, 0.2) is 39.9 Å². The fraction of sp³-hybridized carbons (Fsp3) is 0.333. The predicted molar refractivity (Wildman–Crippen MR) is 101 cm³/mol. The average molecular weight is 387 g/mol. The number of carbonyl (C=O) groups is 2. The quantitative estimate of drug-likeness (QED) is 0.454. The summed E-state index contributed by atoms with van der Waals surface area (Å²) in [7, 11) is 0. The van der Waals surface area contributed by atoms with E-state index in [2.05, 4.69) is 20.9 Å². The molecule has 1 aromatic heterocycles. The first kappa shape index (κ1) is 19.2. The maximum Gasteiger partial charge on any atom is 0.326 e. The molecule has 1 aliphatic rings. The molecule has 1 heterocycles. The molecule has 10 nitrogen and oxygen atoms in total. The number of hydrogen-bond donors (Lipinski definition) is 6. The van der Waals surface area contributed by atoms with E-state index in [-0.39, 0.29) is 18.1 Å². The number of para-hydroxylation sites is 1. The molecule has 0 spiro atoms. The largest absolute Gasteiger partial charge is 0.501 e. The second-order valence-corrected chi connectivity index (χ2v) is 6.62. The Labute approximate surface area is 159 Å². The summed E-state index contributed by atoms with van der Waals surface area (Å²) in [6.45, 7) is 0. The molecule has 3 amide bonds. The monoisotopic (exact) mass is 387 g/mol. The van der Waals surface area contributed by atoms with E-state index in [4.69, 9.17) is 0 Å². The molecule has 0 unspecified atom stereocenters. The van der Waals surface area contributed by atoms with Gasteiger partial charge in [0, 0.05) is 17.8 Å². The van der Waals surface area contributed by atoms with E-state index in [1.54, 1.807) is 12.1 Å². The Bertz CT molecular complexity index is 960. The number of aromatic amines is 2. The molecule has 28 heavy (non-hydrogen) atoms. The second kappa shape index (κ2) is 8.42. The van der Waals surface area contributed by atoms with Gasteiger partial charge in [-0.15, -0.1) is 0 Å². The molecule has 10 heteroatoms. The van der Waals surface area contributed by atoms with E-state index in [0.29, 0.717) is 31.4 Å². The maximum absolute atomic E-state index is 12.2. The molecule has 1 aliphatic carbocycles. The summed E-state index contributed by atoms with van der Waals surface area (Å²) in [5, 5.41) is 18.0. The van der Waals surface area contributed by atoms with Crippen LogP contribution in [0.5, 0.6) is 5.75 Å². The molecular weight excluding hydrogens is 366 g/mol. The van der Waals surface area contributed by atoms with Gasteiger partial charge in [0.1, 0.15) is 0 Å². The molecule has 2 aromatic rings. The normalized spacial score (nSPS) is 18.9. The van der Waals surface area contributed by atoms with Crippen LogP contribution in [0.25, 0.3) is 0 Å². The Morgan fingerprint density at radius 2 is 1.54 bits per heavy atom. The van der Waals surface area contributed by atoms with E-state index < -0.39 is 28.6 Å². The molecule has 0 bridgehead atoms. The number of anilines is 1. The maximum atomic E-state index is 12.2. The number of urea groups is 1. The lowest BCUT2D eigenvalue weighted by Crippen LogP contribution is -2.45. The second-order valence-electron chi connectivity index (χ2n) is 6.62. The van der Waals surface area contributed by atoms with Crippen molar-refractivity contribution in [1.29, 1.82) is 0 Å². The summed E-state index contributed by atoms with van der Waals surface area (Å²) >= 11 is 0. The molecule has 0 atom stereocenters. The summed E-state index contributed by atoms with van der Waals surface area (Å²) in [6, 6.07) is 8.60. The smallest absolute Gasteiger partial charge is 0.326 e. The minimum Gasteiger partial charge on any atom is -0.501 e. The van der Waals surface area contributed by atoms with Gasteiger partial charge in [-0.2, -0.15) is 0 Å². The number of hydrogen-bond acceptors (Lipinski definition) is 5. The number of benzene rings is 1. The van der Waals surface area contributed by atoms with Crippen molar-refractivity contribution in [2.75, 3.05) is 5.32 Å². The van der Waals surface area contributed by atoms with E-state index >= 15 is 0 Å². The van der Waals surface area contributed by atoms with Gasteiger partial charge in [-0.05, 0) is 37.8 Å². The van der Waals surface area contributed by atoms with Crippen molar-refractivity contribution in [3.63, 3.8) is 0 Å². The van der Waals surface area contributed by atoms with Crippen molar-refractivity contribution >= 4 is 17.6 Å². The highest BCUT2D eigenvalue weighted by Crippen LogP contribution is 2.19. The van der Waals surface area contributed by atoms with Gasteiger partial charge in [0.25, 0.3) is 11.5 Å². The number of amides is 3. The number of nitrogens with one attached hydrogen (secondary N) is 5. The van der Waals surface area contributed by atoms with Crippen LogP contribution in [0.3, 0.4) is 0 Å². The number of aromatic hydroxyl groups is 1. The van der Waals surface area contributed by atoms with Crippen LogP contribution in [0.2, 0.25) is 0 Å². The van der Waals surface area contributed by atoms with E-state index in [9.17, 15) is 24.3 Å². The third-order valence-electron chi connectivity index (χ3n) is 4.57. The van der Waals surface area contributed by atoms with Crippen LogP contribution in [-0.4, -0.2) is 39.1 Å². The molecule has 1 fully saturated rings. The van der Waals surface area contributed by atoms with Gasteiger partial charge in [-0.1, -0.05) is 18.2 Å². The molecule has 0 aliphatic heterocycles. The lowest BCUT2D eigenvalue weighted by molar-refractivity contribution is 0.0915. The fourth-order valence-corrected chi connectivity index (χ4v) is 3.16. The van der Waals surface area contributed by atoms with Crippen molar-refractivity contribution in [1.82, 2.24) is 20.6 Å². The predicted octanol–water partition coefficient (Wildman–Crippen LogP) is 0.631. The standard InChI is InChI=1S/C18H21N5O5/c24-14-13(22-18(28)23-16(14)26)15(25)19-11-6-8-12(9-7-11)21-17(27)20-10-4-2-1-3-5-10/h1-5,11-12,24H,6-9H2,(H,19,25)(H2,20,21,27)(H2,22,23,26,28)/t11-,12+. The Hall–Kier alpha value is -3.56. The zero-order chi connectivity index (χ0) is 20.1. The molecule has 6 N–H and O–H groups in total. The van der Waals surface area contributed by atoms with E-state index in [1.807, 2.05) is 23.2 Å². The first-order valence-electron chi connectivity index (χ1n) is 8.91. The number of carbonyl (C=O) groups excluding carboxylic acids is 2. The highest BCUT2D eigenvalue weighted by atomic mass is 16.3. The summed E-state index contributed by atoms with van der Waals surface area (Å²) < 4.78 is 0. The van der Waals surface area contributed by atoms with Crippen molar-refractivity contribution in [3.05, 3.63) is 56.9 Å². The summed E-state index contributed by atoms with van der Waals surface area (Å²) in [4.78, 5) is 50.9. The topological polar surface area (TPSA) is 156 Å². The number of rotatable bonds is 4. The lowest BCUT2D eigenvalue weighted by Gasteiger charge is -2.29. The van der Waals surface area contributed by atoms with Crippen LogP contribution in [-0.2, 0) is 0 Å². The molecule has 0 radical (unpaired) electrons. The third kappa shape index (κ3) is 4.78. The number of H-pyrrole nitrogens is 2. The zero-order valence-electron chi connectivity index (χ0n) is 15.0. The van der Waals surface area contributed by atoms with Gasteiger partial charge >= 0.3 is 11.7 Å². The van der Waals surface area contributed by atoms with Gasteiger partial charge in [0.2, 0.25) is 5.75 Å². The van der Waals surface area contributed by atoms with Crippen molar-refractivity contribution < 1.29 is 14.7 Å². The minimum atomic E-state index is -1.02. The molecule has 148 valence electrons. The van der Waals surface area contributed by atoms with Crippen LogP contribution < -0.4 is 27.2 Å². The minimum absolute atomic E-state index is 0.0235. The first-order valence-corrected chi connectivity index (χ1v) is 8.91.